The minimum atomic E-state index is -4.13. The molecule has 5 atom stereocenters. The molecular formula is C79H115N23O17S5. The Morgan fingerprint density at radius 1 is 0.339 bits per heavy atom. The van der Waals surface area contributed by atoms with Gasteiger partial charge in [0.25, 0.3) is 20.0 Å². The number of sulfonamides is 5. The maximum atomic E-state index is 12.9. The van der Waals surface area contributed by atoms with Crippen LogP contribution in [0.15, 0.2) is 73.7 Å². The first-order chi connectivity index (χ1) is 58.2. The molecule has 11 aliphatic rings. The fourth-order valence-corrected chi connectivity index (χ4v) is 21.0. The number of likely N-dealkylation sites (N-methyl/N-ethyl adjacent to an activating group) is 5. The Balaban J connectivity index is 0.000000132. The van der Waals surface area contributed by atoms with Crippen LogP contribution < -0.4 is 64.9 Å². The van der Waals surface area contributed by atoms with Gasteiger partial charge in [0.2, 0.25) is 59.5 Å². The number of urea groups is 2. The van der Waals surface area contributed by atoms with Crippen molar-refractivity contribution < 1.29 is 75.4 Å². The van der Waals surface area contributed by atoms with Gasteiger partial charge in [0, 0.05) is 17.1 Å². The number of aryl methyl sites for hydroxylation is 6. The minimum absolute atomic E-state index is 0. The lowest BCUT2D eigenvalue weighted by atomic mass is 9.99. The number of amides is 4. The molecule has 124 heavy (non-hydrogen) atoms. The molecule has 0 bridgehead atoms. The Morgan fingerprint density at radius 2 is 0.540 bits per heavy atom. The fourth-order valence-electron chi connectivity index (χ4n) is 17.2. The van der Waals surface area contributed by atoms with Gasteiger partial charge in [0.1, 0.15) is 33.0 Å². The Hall–Kier alpha value is -9.52. The number of nitrogen functional groups attached to an aromatic ring is 1. The molecule has 10 heterocycles. The van der Waals surface area contributed by atoms with Crippen molar-refractivity contribution in [3.8, 4) is 29.4 Å². The number of primary sulfonamides is 3. The molecule has 0 fully saturated rings. The minimum Gasteiger partial charge on any atom is -0.475 e. The van der Waals surface area contributed by atoms with Gasteiger partial charge in [-0.25, -0.2) is 99.9 Å². The van der Waals surface area contributed by atoms with Gasteiger partial charge < -0.3 is 64.6 Å². The van der Waals surface area contributed by atoms with Crippen LogP contribution in [-0.2, 0) is 160 Å². The number of rotatable bonds is 14. The average molecular weight is 1820 g/mol. The van der Waals surface area contributed by atoms with Crippen LogP contribution in [0.25, 0.3) is 0 Å². The van der Waals surface area contributed by atoms with Gasteiger partial charge in [-0.3, -0.25) is 0 Å². The predicted octanol–water partition coefficient (Wildman–Crippen LogP) is 2.83. The van der Waals surface area contributed by atoms with Crippen molar-refractivity contribution in [2.45, 2.75) is 210 Å². The van der Waals surface area contributed by atoms with Gasteiger partial charge in [0.05, 0.1) is 93.9 Å². The molecule has 5 aromatic heterocycles. The normalized spacial score (nSPS) is 19.7. The molecule has 19 rings (SSSR count). The van der Waals surface area contributed by atoms with E-state index in [-0.39, 0.29) is 91.5 Å². The maximum absolute atomic E-state index is 12.9. The van der Waals surface area contributed by atoms with Crippen LogP contribution in [-0.4, -0.2) is 261 Å². The lowest BCUT2D eigenvalue weighted by Gasteiger charge is -2.29. The van der Waals surface area contributed by atoms with Gasteiger partial charge in [-0.15, -0.1) is 0 Å². The molecule has 45 heteroatoms. The molecule has 0 saturated carbocycles. The van der Waals surface area contributed by atoms with E-state index in [9.17, 15) is 51.7 Å². The van der Waals surface area contributed by atoms with Gasteiger partial charge in [-0.2, -0.15) is 25.5 Å². The van der Waals surface area contributed by atoms with E-state index in [4.69, 9.17) is 44.8 Å². The highest BCUT2D eigenvalue weighted by Gasteiger charge is 2.38. The Bertz CT molecular complexity index is 5440. The first-order valence-electron chi connectivity index (χ1n) is 41.0. The summed E-state index contributed by atoms with van der Waals surface area (Å²) in [5.74, 6) is 1.04. The molecular weight excluding hydrogens is 1700 g/mol. The quantitative estimate of drug-likeness (QED) is 0.0726. The number of carbonyl (C=O) groups excluding carboxylic acids is 2. The zero-order valence-corrected chi connectivity index (χ0v) is 74.9. The van der Waals surface area contributed by atoms with E-state index in [0.29, 0.717) is 65.8 Å². The van der Waals surface area contributed by atoms with E-state index >= 15 is 0 Å². The molecule has 0 saturated heterocycles. The van der Waals surface area contributed by atoms with E-state index < -0.39 is 62.2 Å². The van der Waals surface area contributed by atoms with Crippen molar-refractivity contribution in [3.63, 3.8) is 0 Å². The van der Waals surface area contributed by atoms with Crippen LogP contribution in [0.1, 0.15) is 113 Å². The number of aromatic nitrogens is 10. The fraction of sp³-hybridized carbons (Fsp3) is 0.557. The van der Waals surface area contributed by atoms with Gasteiger partial charge >= 0.3 is 12.1 Å². The molecule has 12 N–H and O–H groups in total. The number of carbonyl (C=O) groups is 2. The number of hydrogen-bond donors (Lipinski definition) is 8. The van der Waals surface area contributed by atoms with Crippen LogP contribution in [0, 0.1) is 0 Å². The number of anilines is 3. The van der Waals surface area contributed by atoms with E-state index in [1.54, 1.807) is 0 Å². The molecule has 0 radical (unpaired) electrons. The summed E-state index contributed by atoms with van der Waals surface area (Å²) in [7, 11) is -0.200. The lowest BCUT2D eigenvalue weighted by Crippen LogP contribution is -2.41. The van der Waals surface area contributed by atoms with E-state index in [0.717, 1.165) is 116 Å². The summed E-state index contributed by atoms with van der Waals surface area (Å²) in [6.45, 7) is 4.83. The van der Waals surface area contributed by atoms with Crippen LogP contribution in [0.4, 0.5) is 26.7 Å². The van der Waals surface area contributed by atoms with Crippen LogP contribution in [0.2, 0.25) is 0 Å². The summed E-state index contributed by atoms with van der Waals surface area (Å²) in [6.07, 6.45) is 25.6. The van der Waals surface area contributed by atoms with Crippen molar-refractivity contribution in [3.05, 3.63) is 116 Å². The first-order valence-corrected chi connectivity index (χ1v) is 48.6. The van der Waals surface area contributed by atoms with Crippen molar-refractivity contribution in [1.29, 1.82) is 0 Å². The van der Waals surface area contributed by atoms with E-state index in [1.165, 1.54) is 137 Å². The third-order valence-corrected chi connectivity index (χ3v) is 29.6. The second kappa shape index (κ2) is 37.2. The van der Waals surface area contributed by atoms with E-state index in [1.807, 2.05) is 95.0 Å². The van der Waals surface area contributed by atoms with Gasteiger partial charge in [-0.1, -0.05) is 25.6 Å². The summed E-state index contributed by atoms with van der Waals surface area (Å²) >= 11 is 0. The zero-order chi connectivity index (χ0) is 88.1. The third-order valence-electron chi connectivity index (χ3n) is 24.3. The second-order valence-electron chi connectivity index (χ2n) is 33.6. The molecule has 6 aliphatic carbocycles. The largest absolute Gasteiger partial charge is 0.475 e. The number of fused-ring (bicyclic) bond motifs is 11. The van der Waals surface area contributed by atoms with Crippen molar-refractivity contribution in [2.24, 2.45) is 15.4 Å². The van der Waals surface area contributed by atoms with Crippen molar-refractivity contribution in [1.82, 2.24) is 82.8 Å². The number of nitrogens with zero attached hydrogens (tertiary/aromatic N) is 15. The number of nitrogens with two attached hydrogens (primary N) is 4. The predicted molar refractivity (Wildman–Crippen MR) is 461 cm³/mol. The monoisotopic (exact) mass is 1820 g/mol. The third kappa shape index (κ3) is 20.0. The average Bonchev–Trinajstić information content (AvgIpc) is 1.51. The summed E-state index contributed by atoms with van der Waals surface area (Å²) in [5.41, 5.74) is 24.6. The van der Waals surface area contributed by atoms with Crippen LogP contribution >= 0.6 is 0 Å². The molecule has 4 amide bonds. The maximum Gasteiger partial charge on any atom is 0.333 e. The van der Waals surface area contributed by atoms with Crippen molar-refractivity contribution >= 4 is 79.2 Å². The standard InChI is InChI=1S/2C21H27N5O4S.C12H15N.3C8H14N4O3S.CH4/c2*1-25(2)15-11-26-20(30-12-15)18(10-22-26)31(28,29)24-21(27)23-19-16-7-3-5-13(16)9-14-6-4-8-17(14)19;13-12-10-5-1-3-8(10)7-9-4-2-6-11(9)12;3*1-11(2)6-4-12-8(15-5-6)7(3-10-12)16(9,13)14;/h2*9-10,15H,3-8,11-12H2,1-2H3,(H2,23,24,27);7H,1-6,13H2;3*3,6H,4-5H2,1-2H3,(H2,9,13,14);1H4/t2*15-;;2*6-;;/m10.10../s1. The lowest BCUT2D eigenvalue weighted by molar-refractivity contribution is 0.117. The SMILES string of the molecule is C.CN(C)C1COc2c(S(N)(=O)=O)cnn2C1.CN(C)[C@@H]1COc2c(S(=O)(=O)NC(=O)Nc3c4c(cc5c3CCC5)CCC4)cnn2C1.CN(C)[C@@H]1COc2c(S(N)(=O)=O)cnn2C1.CN(C)[C@H]1COc2c(S(=O)(=O)NC(=O)Nc3c4c(cc5c3CCC5)CCC4)cnn2C1.CN(C)[C@H]1COc2c(S(N)(=O)=O)cnn2C1.Nc1c2c(cc3c1CCC3)CCC2. The summed E-state index contributed by atoms with van der Waals surface area (Å²) in [6, 6.07) is 6.18. The molecule has 678 valence electrons. The summed E-state index contributed by atoms with van der Waals surface area (Å²) in [4.78, 5) is 35.1. The highest BCUT2D eigenvalue weighted by molar-refractivity contribution is 7.91. The summed E-state index contributed by atoms with van der Waals surface area (Å²) < 4.78 is 158. The van der Waals surface area contributed by atoms with Gasteiger partial charge in [0.15, 0.2) is 24.5 Å². The number of ether oxygens (including phenoxy) is 5. The number of nitrogens with one attached hydrogen (secondary N) is 4. The van der Waals surface area contributed by atoms with E-state index in [2.05, 4.69) is 63.8 Å². The summed E-state index contributed by atoms with van der Waals surface area (Å²) in [5, 5.41) is 41.1. The number of hydrogen-bond acceptors (Lipinski definition) is 28. The second-order valence-corrected chi connectivity index (χ2v) is 41.5. The Labute approximate surface area is 724 Å². The smallest absolute Gasteiger partial charge is 0.333 e. The Morgan fingerprint density at radius 3 is 0.758 bits per heavy atom. The molecule has 40 nitrogen and oxygen atoms in total. The molecule has 1 unspecified atom stereocenters. The Kier molecular flexibility index (Phi) is 27.6. The number of benzene rings is 3. The highest BCUT2D eigenvalue weighted by Crippen LogP contribution is 2.42. The highest BCUT2D eigenvalue weighted by atomic mass is 32.2. The molecule has 8 aromatic rings. The molecule has 3 aromatic carbocycles. The van der Waals surface area contributed by atoms with Gasteiger partial charge in [-0.05, 0) is 253 Å². The van der Waals surface area contributed by atoms with Crippen LogP contribution in [0.3, 0.4) is 0 Å². The zero-order valence-electron chi connectivity index (χ0n) is 70.8. The van der Waals surface area contributed by atoms with Crippen LogP contribution in [0.5, 0.6) is 29.4 Å². The van der Waals surface area contributed by atoms with Crippen molar-refractivity contribution in [2.75, 3.05) is 120 Å². The first kappa shape index (κ1) is 92.2. The topological polar surface area (TPSA) is 508 Å². The molecule has 5 aliphatic heterocycles. The molecule has 0 spiro atoms.